The molecule has 14 atom stereocenters. The molecule has 0 spiro atoms. The average molecular weight is 972 g/mol. The van der Waals surface area contributed by atoms with Gasteiger partial charge in [0, 0.05) is 72.2 Å². The van der Waals surface area contributed by atoms with Crippen molar-refractivity contribution < 1.29 is 97.9 Å². The number of unbranched alkanes of at least 4 members (excludes halogenated alkanes) is 6. The fraction of sp³-hybridized carbons (Fsp3) is 0.932. The number of hydrogen-bond donors (Lipinski definition) is 11. The van der Waals surface area contributed by atoms with Gasteiger partial charge in [-0.15, -0.1) is 0 Å². The molecule has 67 heavy (non-hydrogen) atoms. The minimum Gasteiger partial charge on any atom is -0.394 e. The van der Waals surface area contributed by atoms with E-state index in [1.165, 1.54) is 20.8 Å². The summed E-state index contributed by atoms with van der Waals surface area (Å²) >= 11 is 0. The van der Waals surface area contributed by atoms with Gasteiger partial charge in [-0.3, -0.25) is 14.4 Å². The molecule has 0 radical (unpaired) electrons. The smallest absolute Gasteiger partial charge is 0.217 e. The van der Waals surface area contributed by atoms with Gasteiger partial charge in [0.1, 0.15) is 54.7 Å². The standard InChI is InChI=1S/C44H81N3O20/c1-27(51)45-34-31(54)20-30(21-48)65-41(34)62-17-11-5-8-14-59-24-44(4,25-60-15-9-6-12-18-63-42-35(46-28(2)52)39(57)37(55)32(22-49)66-42)26-61-16-10-7-13-19-64-43-36(47-29(3)53)40(58)38(56)33(23-50)67-43/h30-43,48-50,54-58H,5-26H2,1-4H3,(H,45,51)(H,46,52)(H,47,53)/t30?,31-,32?,33?,34-,35-,36-,37-,38-,39+,40+,41?,42?,43?,44?/m0/s1. The van der Waals surface area contributed by atoms with E-state index in [2.05, 4.69) is 16.0 Å². The first-order valence-electron chi connectivity index (χ1n) is 23.6. The average Bonchev–Trinajstić information content (AvgIpc) is 3.28. The van der Waals surface area contributed by atoms with Crippen LogP contribution in [0.3, 0.4) is 0 Å². The van der Waals surface area contributed by atoms with Crippen LogP contribution in [-0.2, 0) is 57.0 Å². The van der Waals surface area contributed by atoms with Crippen LogP contribution in [0.4, 0.5) is 0 Å². The third-order valence-corrected chi connectivity index (χ3v) is 11.6. The van der Waals surface area contributed by atoms with Gasteiger partial charge in [0.05, 0.1) is 51.8 Å². The van der Waals surface area contributed by atoms with E-state index in [-0.39, 0.29) is 32.1 Å². The Hall–Kier alpha value is -2.27. The highest BCUT2D eigenvalue weighted by atomic mass is 16.7. The molecule has 6 unspecified atom stereocenters. The summed E-state index contributed by atoms with van der Waals surface area (Å²) in [4.78, 5) is 35.1. The van der Waals surface area contributed by atoms with Crippen LogP contribution >= 0.6 is 0 Å². The minimum atomic E-state index is -1.39. The maximum atomic E-state index is 11.7. The van der Waals surface area contributed by atoms with Gasteiger partial charge in [0.25, 0.3) is 0 Å². The molecule has 3 aliphatic heterocycles. The first-order valence-corrected chi connectivity index (χ1v) is 23.6. The first kappa shape index (κ1) is 59.0. The van der Waals surface area contributed by atoms with Crippen LogP contribution in [0.1, 0.15) is 91.9 Å². The molecule has 3 saturated heterocycles. The topological polar surface area (TPSA) is 332 Å². The number of nitrogens with one attached hydrogen (secondary N) is 3. The molecule has 3 fully saturated rings. The van der Waals surface area contributed by atoms with Crippen molar-refractivity contribution in [3.8, 4) is 0 Å². The molecule has 3 rings (SSSR count). The zero-order valence-electron chi connectivity index (χ0n) is 39.6. The number of aliphatic hydroxyl groups is 8. The quantitative estimate of drug-likeness (QED) is 0.0302. The lowest BCUT2D eigenvalue weighted by atomic mass is 9.94. The second kappa shape index (κ2) is 31.9. The monoisotopic (exact) mass is 972 g/mol. The van der Waals surface area contributed by atoms with Crippen molar-refractivity contribution in [3.05, 3.63) is 0 Å². The van der Waals surface area contributed by atoms with Gasteiger partial charge in [-0.2, -0.15) is 0 Å². The van der Waals surface area contributed by atoms with E-state index in [0.29, 0.717) is 78.4 Å². The normalized spacial score (nSPS) is 32.1. The van der Waals surface area contributed by atoms with Gasteiger partial charge in [0.15, 0.2) is 18.9 Å². The summed E-state index contributed by atoms with van der Waals surface area (Å²) in [6.45, 7) is 7.82. The molecule has 23 heteroatoms. The van der Waals surface area contributed by atoms with Gasteiger partial charge in [-0.1, -0.05) is 6.92 Å². The fourth-order valence-corrected chi connectivity index (χ4v) is 7.94. The summed E-state index contributed by atoms with van der Waals surface area (Å²) in [5.41, 5.74) is -0.492. The summed E-state index contributed by atoms with van der Waals surface area (Å²) in [6, 6.07) is -2.75. The number of amides is 3. The Morgan fingerprint density at radius 1 is 0.493 bits per heavy atom. The molecule has 0 aromatic carbocycles. The number of ether oxygens (including phenoxy) is 9. The van der Waals surface area contributed by atoms with Crippen molar-refractivity contribution in [1.82, 2.24) is 16.0 Å². The molecule has 0 saturated carbocycles. The van der Waals surface area contributed by atoms with Crippen molar-refractivity contribution in [1.29, 1.82) is 0 Å². The first-order chi connectivity index (χ1) is 32.0. The molecular weight excluding hydrogens is 890 g/mol. The van der Waals surface area contributed by atoms with E-state index in [1.54, 1.807) is 0 Å². The molecule has 3 aliphatic rings. The molecule has 0 aromatic rings. The van der Waals surface area contributed by atoms with Crippen LogP contribution in [0.25, 0.3) is 0 Å². The molecule has 392 valence electrons. The van der Waals surface area contributed by atoms with Crippen molar-refractivity contribution >= 4 is 17.7 Å². The van der Waals surface area contributed by atoms with E-state index in [9.17, 15) is 55.2 Å². The van der Waals surface area contributed by atoms with E-state index >= 15 is 0 Å². The Labute approximate surface area is 393 Å². The number of aliphatic hydroxyl groups excluding tert-OH is 8. The van der Waals surface area contributed by atoms with Crippen LogP contribution in [0.15, 0.2) is 0 Å². The SMILES string of the molecule is CC(=O)N[C@@H]1C(OCCCCCOCC(C)(COCCCCCOC2OC(CO)[C@H](O)[C@H](O)[C@@H]2NC(C)=O)COCCCCCOC2OC(CO)C[C@H](O)[C@@H]2NC(C)=O)OC(CO)[C@H](O)[C@@H]1O. The Morgan fingerprint density at radius 3 is 1.18 bits per heavy atom. The van der Waals surface area contributed by atoms with Gasteiger partial charge < -0.3 is 99.4 Å². The Morgan fingerprint density at radius 2 is 0.836 bits per heavy atom. The third kappa shape index (κ3) is 20.9. The number of carbonyl (C=O) groups is 3. The zero-order chi connectivity index (χ0) is 49.4. The maximum Gasteiger partial charge on any atom is 0.217 e. The zero-order valence-corrected chi connectivity index (χ0v) is 39.6. The molecule has 23 nitrogen and oxygen atoms in total. The summed E-state index contributed by atoms with van der Waals surface area (Å²) in [5, 5.41) is 88.3. The van der Waals surface area contributed by atoms with E-state index in [4.69, 9.17) is 42.6 Å². The Balaban J connectivity index is 1.41. The van der Waals surface area contributed by atoms with Gasteiger partial charge in [0.2, 0.25) is 17.7 Å². The van der Waals surface area contributed by atoms with Gasteiger partial charge in [-0.25, -0.2) is 0 Å². The molecule has 0 aliphatic carbocycles. The molecule has 0 aromatic heterocycles. The van der Waals surface area contributed by atoms with Crippen LogP contribution in [-0.4, -0.2) is 224 Å². The number of rotatable bonds is 33. The highest BCUT2D eigenvalue weighted by Crippen LogP contribution is 2.26. The molecule has 0 bridgehead atoms. The number of hydrogen-bond acceptors (Lipinski definition) is 20. The lowest BCUT2D eigenvalue weighted by Gasteiger charge is -2.42. The highest BCUT2D eigenvalue weighted by Gasteiger charge is 2.46. The van der Waals surface area contributed by atoms with E-state index in [1.807, 2.05) is 6.92 Å². The summed E-state index contributed by atoms with van der Waals surface area (Å²) in [6.07, 6.45) is -5.69. The molecule has 3 amide bonds. The Bertz CT molecular complexity index is 1320. The molecule has 11 N–H and O–H groups in total. The Kier molecular flexibility index (Phi) is 28.1. The number of carbonyl (C=O) groups excluding carboxylic acids is 3. The second-order valence-electron chi connectivity index (χ2n) is 18.0. The van der Waals surface area contributed by atoms with Crippen LogP contribution in [0.2, 0.25) is 0 Å². The van der Waals surface area contributed by atoms with Crippen LogP contribution in [0.5, 0.6) is 0 Å². The van der Waals surface area contributed by atoms with Crippen LogP contribution in [0, 0.1) is 5.41 Å². The molecule has 3 heterocycles. The summed E-state index contributed by atoms with van der Waals surface area (Å²) in [7, 11) is 0. The van der Waals surface area contributed by atoms with E-state index in [0.717, 1.165) is 25.7 Å². The maximum absolute atomic E-state index is 11.7. The summed E-state index contributed by atoms with van der Waals surface area (Å²) in [5.74, 6) is -1.19. The van der Waals surface area contributed by atoms with Gasteiger partial charge >= 0.3 is 0 Å². The lowest BCUT2D eigenvalue weighted by Crippen LogP contribution is -2.64. The van der Waals surface area contributed by atoms with Crippen molar-refractivity contribution in [2.24, 2.45) is 5.41 Å². The van der Waals surface area contributed by atoms with Crippen molar-refractivity contribution in [3.63, 3.8) is 0 Å². The largest absolute Gasteiger partial charge is 0.394 e. The van der Waals surface area contributed by atoms with E-state index < -0.39 is 116 Å². The highest BCUT2D eigenvalue weighted by molar-refractivity contribution is 5.74. The predicted molar refractivity (Wildman–Crippen MR) is 235 cm³/mol. The third-order valence-electron chi connectivity index (χ3n) is 11.6. The fourth-order valence-electron chi connectivity index (χ4n) is 7.94. The molecular formula is C44H81N3O20. The van der Waals surface area contributed by atoms with Crippen molar-refractivity contribution in [2.45, 2.75) is 178 Å². The lowest BCUT2D eigenvalue weighted by molar-refractivity contribution is -0.270. The summed E-state index contributed by atoms with van der Waals surface area (Å²) < 4.78 is 52.8. The van der Waals surface area contributed by atoms with Crippen molar-refractivity contribution in [2.75, 3.05) is 79.3 Å². The van der Waals surface area contributed by atoms with Crippen LogP contribution < -0.4 is 16.0 Å². The predicted octanol–water partition coefficient (Wildman–Crippen LogP) is -2.54. The second-order valence-corrected chi connectivity index (χ2v) is 18.0. The van der Waals surface area contributed by atoms with Gasteiger partial charge in [-0.05, 0) is 57.8 Å². The minimum absolute atomic E-state index is 0.181.